The molecule has 0 unspecified atom stereocenters. The zero-order valence-corrected chi connectivity index (χ0v) is 14.2. The largest absolute Gasteiger partial charge is 0.373 e. The average Bonchev–Trinajstić information content (AvgIpc) is 2.47. The van der Waals surface area contributed by atoms with Gasteiger partial charge in [-0.05, 0) is 31.6 Å². The molecule has 2 N–H and O–H groups in total. The van der Waals surface area contributed by atoms with Crippen LogP contribution in [-0.2, 0) is 0 Å². The molecule has 0 amide bonds. The van der Waals surface area contributed by atoms with Crippen molar-refractivity contribution in [3.8, 4) is 0 Å². The highest BCUT2D eigenvalue weighted by molar-refractivity contribution is 5.57. The summed E-state index contributed by atoms with van der Waals surface area (Å²) in [6.07, 6.45) is 5.42. The average molecular weight is 290 g/mol. The lowest BCUT2D eigenvalue weighted by Crippen LogP contribution is -2.21. The number of rotatable bonds is 5. The lowest BCUT2D eigenvalue weighted by Gasteiger charge is -2.26. The highest BCUT2D eigenvalue weighted by atomic mass is 15.1. The molecule has 0 aliphatic heterocycles. The van der Waals surface area contributed by atoms with E-state index in [9.17, 15) is 0 Å². The number of hydrogen-bond donors (Lipinski definition) is 2. The molecule has 1 aromatic heterocycles. The Morgan fingerprint density at radius 1 is 1.10 bits per heavy atom. The molecule has 118 valence electrons. The van der Waals surface area contributed by atoms with Crippen molar-refractivity contribution in [2.45, 2.75) is 59.3 Å². The van der Waals surface area contributed by atoms with Crippen LogP contribution >= 0.6 is 0 Å². The van der Waals surface area contributed by atoms with Crippen LogP contribution < -0.4 is 10.6 Å². The molecule has 4 nitrogen and oxygen atoms in total. The Morgan fingerprint density at radius 2 is 1.71 bits per heavy atom. The third kappa shape index (κ3) is 4.08. The summed E-state index contributed by atoms with van der Waals surface area (Å²) in [6, 6.07) is 0. The van der Waals surface area contributed by atoms with E-state index in [2.05, 4.69) is 43.3 Å². The zero-order chi connectivity index (χ0) is 15.4. The van der Waals surface area contributed by atoms with Crippen molar-refractivity contribution < 1.29 is 0 Å². The van der Waals surface area contributed by atoms with Gasteiger partial charge in [-0.15, -0.1) is 0 Å². The van der Waals surface area contributed by atoms with Gasteiger partial charge >= 0.3 is 0 Å². The fourth-order valence-corrected chi connectivity index (χ4v) is 2.98. The van der Waals surface area contributed by atoms with Crippen molar-refractivity contribution >= 4 is 11.6 Å². The third-order valence-electron chi connectivity index (χ3n) is 4.61. The minimum absolute atomic E-state index is 0.341. The monoisotopic (exact) mass is 290 g/mol. The van der Waals surface area contributed by atoms with Crippen LogP contribution in [0, 0.1) is 18.8 Å². The summed E-state index contributed by atoms with van der Waals surface area (Å²) >= 11 is 0. The molecule has 1 saturated carbocycles. The highest BCUT2D eigenvalue weighted by Crippen LogP contribution is 2.29. The Bertz CT molecular complexity index is 462. The van der Waals surface area contributed by atoms with Gasteiger partial charge in [0, 0.05) is 25.1 Å². The maximum absolute atomic E-state index is 4.72. The van der Waals surface area contributed by atoms with E-state index < -0.39 is 0 Å². The fourth-order valence-electron chi connectivity index (χ4n) is 2.98. The Morgan fingerprint density at radius 3 is 2.29 bits per heavy atom. The lowest BCUT2D eigenvalue weighted by atomic mass is 9.83. The summed E-state index contributed by atoms with van der Waals surface area (Å²) < 4.78 is 0. The minimum atomic E-state index is 0.341. The van der Waals surface area contributed by atoms with Crippen LogP contribution in [0.1, 0.15) is 63.8 Å². The Kier molecular flexibility index (Phi) is 5.43. The van der Waals surface area contributed by atoms with E-state index in [0.717, 1.165) is 41.4 Å². The van der Waals surface area contributed by atoms with E-state index in [4.69, 9.17) is 4.98 Å². The molecular formula is C17H30N4. The molecule has 4 heteroatoms. The number of anilines is 2. The third-order valence-corrected chi connectivity index (χ3v) is 4.61. The molecule has 21 heavy (non-hydrogen) atoms. The molecule has 0 atom stereocenters. The Hall–Kier alpha value is -1.32. The van der Waals surface area contributed by atoms with Crippen LogP contribution in [0.5, 0.6) is 0 Å². The van der Waals surface area contributed by atoms with Crippen molar-refractivity contribution in [2.24, 2.45) is 11.8 Å². The maximum Gasteiger partial charge on any atom is 0.135 e. The molecular weight excluding hydrogens is 260 g/mol. The van der Waals surface area contributed by atoms with Gasteiger partial charge in [0.2, 0.25) is 0 Å². The van der Waals surface area contributed by atoms with Crippen molar-refractivity contribution in [2.75, 3.05) is 24.2 Å². The van der Waals surface area contributed by atoms with Crippen LogP contribution in [-0.4, -0.2) is 23.6 Å². The second kappa shape index (κ2) is 7.10. The summed E-state index contributed by atoms with van der Waals surface area (Å²) in [7, 11) is 1.92. The van der Waals surface area contributed by atoms with E-state index >= 15 is 0 Å². The number of nitrogens with one attached hydrogen (secondary N) is 2. The molecule has 1 fully saturated rings. The van der Waals surface area contributed by atoms with Gasteiger partial charge in [-0.2, -0.15) is 0 Å². The van der Waals surface area contributed by atoms with Crippen LogP contribution in [0.4, 0.5) is 11.6 Å². The van der Waals surface area contributed by atoms with Gasteiger partial charge in [0.15, 0.2) is 0 Å². The fraction of sp³-hybridized carbons (Fsp3) is 0.765. The Balaban J connectivity index is 2.06. The number of nitrogens with zero attached hydrogens (tertiary/aromatic N) is 2. The van der Waals surface area contributed by atoms with Gasteiger partial charge in [-0.25, -0.2) is 9.97 Å². The lowest BCUT2D eigenvalue weighted by molar-refractivity contribution is 0.300. The van der Waals surface area contributed by atoms with Crippen molar-refractivity contribution in [3.05, 3.63) is 11.4 Å². The normalized spacial score (nSPS) is 22.4. The molecule has 1 aliphatic rings. The van der Waals surface area contributed by atoms with Crippen LogP contribution in [0.25, 0.3) is 0 Å². The van der Waals surface area contributed by atoms with E-state index in [0.29, 0.717) is 5.92 Å². The summed E-state index contributed by atoms with van der Waals surface area (Å²) in [5.74, 6) is 4.88. The molecule has 1 aromatic rings. The van der Waals surface area contributed by atoms with Crippen LogP contribution in [0.3, 0.4) is 0 Å². The first kappa shape index (κ1) is 16.1. The van der Waals surface area contributed by atoms with E-state index in [1.54, 1.807) is 0 Å². The number of hydrogen-bond acceptors (Lipinski definition) is 4. The van der Waals surface area contributed by atoms with Gasteiger partial charge in [-0.3, -0.25) is 0 Å². The summed E-state index contributed by atoms with van der Waals surface area (Å²) in [4.78, 5) is 9.31. The topological polar surface area (TPSA) is 49.8 Å². The van der Waals surface area contributed by atoms with Gasteiger partial charge in [0.25, 0.3) is 0 Å². The van der Waals surface area contributed by atoms with Gasteiger partial charge in [0.05, 0.1) is 0 Å². The van der Waals surface area contributed by atoms with Crippen molar-refractivity contribution in [1.82, 2.24) is 9.97 Å². The first-order valence-corrected chi connectivity index (χ1v) is 8.31. The van der Waals surface area contributed by atoms with Crippen molar-refractivity contribution in [3.63, 3.8) is 0 Å². The molecule has 1 aliphatic carbocycles. The first-order valence-electron chi connectivity index (χ1n) is 8.31. The molecule has 0 spiro atoms. The smallest absolute Gasteiger partial charge is 0.135 e. The standard InChI is InChI=1S/C17H30N4/c1-11(2)15-20-16(18-5)13(4)17(21-15)19-10-14-8-6-12(3)7-9-14/h11-12,14H,6-10H2,1-5H3,(H2,18,19,20,21). The number of aromatic nitrogens is 2. The molecule has 0 bridgehead atoms. The molecule has 0 aromatic carbocycles. The summed E-state index contributed by atoms with van der Waals surface area (Å²) in [5, 5.41) is 6.76. The SMILES string of the molecule is CNc1nc(C(C)C)nc(NCC2CCC(C)CC2)c1C. The molecule has 1 heterocycles. The molecule has 0 radical (unpaired) electrons. The second-order valence-corrected chi connectivity index (χ2v) is 6.82. The summed E-state index contributed by atoms with van der Waals surface area (Å²) in [6.45, 7) is 9.76. The van der Waals surface area contributed by atoms with Crippen molar-refractivity contribution in [1.29, 1.82) is 0 Å². The zero-order valence-electron chi connectivity index (χ0n) is 14.2. The highest BCUT2D eigenvalue weighted by Gasteiger charge is 2.19. The van der Waals surface area contributed by atoms with E-state index in [1.807, 2.05) is 7.05 Å². The van der Waals surface area contributed by atoms with E-state index in [1.165, 1.54) is 25.7 Å². The maximum atomic E-state index is 4.72. The van der Waals surface area contributed by atoms with Crippen LogP contribution in [0.2, 0.25) is 0 Å². The van der Waals surface area contributed by atoms with Crippen LogP contribution in [0.15, 0.2) is 0 Å². The predicted molar refractivity (Wildman–Crippen MR) is 90.0 cm³/mol. The molecule has 2 rings (SSSR count). The molecule has 0 saturated heterocycles. The van der Waals surface area contributed by atoms with E-state index in [-0.39, 0.29) is 0 Å². The first-order chi connectivity index (χ1) is 10.0. The Labute approximate surface area is 129 Å². The minimum Gasteiger partial charge on any atom is -0.373 e. The quantitative estimate of drug-likeness (QED) is 0.853. The summed E-state index contributed by atoms with van der Waals surface area (Å²) in [5.41, 5.74) is 1.12. The van der Waals surface area contributed by atoms with Gasteiger partial charge < -0.3 is 10.6 Å². The van der Waals surface area contributed by atoms with Gasteiger partial charge in [0.1, 0.15) is 17.5 Å². The second-order valence-electron chi connectivity index (χ2n) is 6.82. The van der Waals surface area contributed by atoms with Gasteiger partial charge in [-0.1, -0.05) is 33.6 Å². The predicted octanol–water partition coefficient (Wildman–Crippen LogP) is 4.19.